The lowest BCUT2D eigenvalue weighted by atomic mass is 10.1. The largest absolute Gasteiger partial charge is 0.416 e. The second kappa shape index (κ2) is 6.42. The number of hydrogen-bond donors (Lipinski definition) is 1. The van der Waals surface area contributed by atoms with Gasteiger partial charge in [0.1, 0.15) is 0 Å². The van der Waals surface area contributed by atoms with E-state index in [1.54, 1.807) is 0 Å². The van der Waals surface area contributed by atoms with Gasteiger partial charge in [0.05, 0.1) is 16.3 Å². The number of benzene rings is 2. The molecule has 1 N–H and O–H groups in total. The topological polar surface area (TPSA) is 46.2 Å². The van der Waals surface area contributed by atoms with Gasteiger partial charge in [-0.3, -0.25) is 9.59 Å². The second-order valence-electron chi connectivity index (χ2n) is 4.78. The Morgan fingerprint density at radius 2 is 1.57 bits per heavy atom. The fourth-order valence-electron chi connectivity index (χ4n) is 1.85. The van der Waals surface area contributed by atoms with Gasteiger partial charge >= 0.3 is 6.18 Å². The van der Waals surface area contributed by atoms with Crippen LogP contribution in [0.2, 0.25) is 5.02 Å². The van der Waals surface area contributed by atoms with Crippen LogP contribution >= 0.6 is 11.6 Å². The van der Waals surface area contributed by atoms with E-state index in [0.717, 1.165) is 24.3 Å². The lowest BCUT2D eigenvalue weighted by molar-refractivity contribution is -0.137. The number of Topliss-reactive ketones (excluding diaryl/α,β-unsaturated/α-hetero) is 1. The summed E-state index contributed by atoms with van der Waals surface area (Å²) >= 11 is 5.94. The highest BCUT2D eigenvalue weighted by Crippen LogP contribution is 2.29. The molecule has 23 heavy (non-hydrogen) atoms. The van der Waals surface area contributed by atoms with Crippen LogP contribution in [0.15, 0.2) is 42.5 Å². The van der Waals surface area contributed by atoms with Gasteiger partial charge < -0.3 is 5.32 Å². The third-order valence-corrected chi connectivity index (χ3v) is 3.43. The Hall–Kier alpha value is -2.34. The van der Waals surface area contributed by atoms with E-state index < -0.39 is 17.6 Å². The maximum atomic E-state index is 12.5. The van der Waals surface area contributed by atoms with Gasteiger partial charge in [-0.05, 0) is 49.4 Å². The van der Waals surface area contributed by atoms with E-state index >= 15 is 0 Å². The number of rotatable bonds is 3. The molecule has 0 fully saturated rings. The molecule has 0 aliphatic carbocycles. The summed E-state index contributed by atoms with van der Waals surface area (Å²) in [4.78, 5) is 23.4. The molecule has 0 aromatic heterocycles. The Bertz CT molecular complexity index is 755. The second-order valence-corrected chi connectivity index (χ2v) is 5.19. The van der Waals surface area contributed by atoms with Gasteiger partial charge in [-0.15, -0.1) is 0 Å². The van der Waals surface area contributed by atoms with E-state index in [9.17, 15) is 22.8 Å². The van der Waals surface area contributed by atoms with Crippen LogP contribution in [0.3, 0.4) is 0 Å². The number of anilines is 1. The SMILES string of the molecule is CC(=O)c1ccc(Cl)c(NC(=O)c2ccc(C(F)(F)F)cc2)c1. The van der Waals surface area contributed by atoms with Crippen molar-refractivity contribution in [3.8, 4) is 0 Å². The van der Waals surface area contributed by atoms with Crippen LogP contribution in [0.25, 0.3) is 0 Å². The van der Waals surface area contributed by atoms with Crippen molar-refractivity contribution < 1.29 is 22.8 Å². The number of halogens is 4. The van der Waals surface area contributed by atoms with Crippen LogP contribution in [0.4, 0.5) is 18.9 Å². The molecule has 0 unspecified atom stereocenters. The third kappa shape index (κ3) is 4.10. The highest BCUT2D eigenvalue weighted by molar-refractivity contribution is 6.34. The Labute approximate surface area is 135 Å². The number of alkyl halides is 3. The van der Waals surface area contributed by atoms with Gasteiger partial charge in [-0.1, -0.05) is 11.6 Å². The zero-order chi connectivity index (χ0) is 17.2. The molecule has 120 valence electrons. The number of carbonyl (C=O) groups excluding carboxylic acids is 2. The molecule has 0 bridgehead atoms. The third-order valence-electron chi connectivity index (χ3n) is 3.10. The van der Waals surface area contributed by atoms with E-state index in [-0.39, 0.29) is 22.1 Å². The minimum absolute atomic E-state index is 0.0438. The highest BCUT2D eigenvalue weighted by atomic mass is 35.5. The Morgan fingerprint density at radius 3 is 2.09 bits per heavy atom. The summed E-state index contributed by atoms with van der Waals surface area (Å²) in [5.41, 5.74) is -0.227. The lowest BCUT2D eigenvalue weighted by Gasteiger charge is -2.10. The molecule has 1 amide bonds. The van der Waals surface area contributed by atoms with E-state index in [1.165, 1.54) is 25.1 Å². The van der Waals surface area contributed by atoms with Crippen LogP contribution in [-0.4, -0.2) is 11.7 Å². The van der Waals surface area contributed by atoms with Crippen LogP contribution < -0.4 is 5.32 Å². The molecule has 0 atom stereocenters. The summed E-state index contributed by atoms with van der Waals surface area (Å²) in [6, 6.07) is 8.17. The van der Waals surface area contributed by atoms with E-state index in [1.807, 2.05) is 0 Å². The molecule has 2 rings (SSSR count). The molecule has 2 aromatic carbocycles. The monoisotopic (exact) mass is 341 g/mol. The Morgan fingerprint density at radius 1 is 1.00 bits per heavy atom. The van der Waals surface area contributed by atoms with Crippen molar-refractivity contribution >= 4 is 29.0 Å². The fraction of sp³-hybridized carbons (Fsp3) is 0.125. The van der Waals surface area contributed by atoms with Crippen molar-refractivity contribution in [2.45, 2.75) is 13.1 Å². The summed E-state index contributed by atoms with van der Waals surface area (Å²) in [6.45, 7) is 1.37. The molecule has 0 aliphatic heterocycles. The van der Waals surface area contributed by atoms with Crippen molar-refractivity contribution in [3.05, 3.63) is 64.2 Å². The predicted molar refractivity (Wildman–Crippen MR) is 80.9 cm³/mol. The van der Waals surface area contributed by atoms with Crippen LogP contribution in [0, 0.1) is 0 Å². The standard InChI is InChI=1S/C16H11ClF3NO2/c1-9(22)11-4-7-13(17)14(8-11)21-15(23)10-2-5-12(6-3-10)16(18,19)20/h2-8H,1H3,(H,21,23). The molecule has 0 saturated heterocycles. The van der Waals surface area contributed by atoms with Gasteiger partial charge in [-0.25, -0.2) is 0 Å². The molecule has 0 aliphatic rings. The summed E-state index contributed by atoms with van der Waals surface area (Å²) in [7, 11) is 0. The van der Waals surface area contributed by atoms with Gasteiger partial charge in [-0.2, -0.15) is 13.2 Å². The molecule has 2 aromatic rings. The summed E-state index contributed by atoms with van der Waals surface area (Å²) in [5.74, 6) is -0.826. The number of ketones is 1. The first-order valence-electron chi connectivity index (χ1n) is 6.47. The Kier molecular flexibility index (Phi) is 4.75. The maximum absolute atomic E-state index is 12.5. The lowest BCUT2D eigenvalue weighted by Crippen LogP contribution is -2.13. The molecular weight excluding hydrogens is 331 g/mol. The van der Waals surface area contributed by atoms with Crippen LogP contribution in [0.5, 0.6) is 0 Å². The van der Waals surface area contributed by atoms with E-state index in [4.69, 9.17) is 11.6 Å². The molecule has 0 saturated carbocycles. The van der Waals surface area contributed by atoms with Gasteiger partial charge in [0, 0.05) is 11.1 Å². The molecule has 7 heteroatoms. The first-order valence-corrected chi connectivity index (χ1v) is 6.85. The number of nitrogens with one attached hydrogen (secondary N) is 1. The number of amides is 1. The van der Waals surface area contributed by atoms with Gasteiger partial charge in [0.15, 0.2) is 5.78 Å². The summed E-state index contributed by atoms with van der Waals surface area (Å²) in [5, 5.41) is 2.69. The molecule has 3 nitrogen and oxygen atoms in total. The molecular formula is C16H11ClF3NO2. The quantitative estimate of drug-likeness (QED) is 0.814. The minimum atomic E-state index is -4.46. The maximum Gasteiger partial charge on any atom is 0.416 e. The molecule has 0 heterocycles. The molecule has 0 spiro atoms. The first kappa shape index (κ1) is 17.0. The smallest absolute Gasteiger partial charge is 0.321 e. The zero-order valence-corrected chi connectivity index (χ0v) is 12.6. The van der Waals surface area contributed by atoms with Crippen molar-refractivity contribution in [2.75, 3.05) is 5.32 Å². The predicted octanol–water partition coefficient (Wildman–Crippen LogP) is 4.81. The van der Waals surface area contributed by atoms with Crippen molar-refractivity contribution in [1.82, 2.24) is 0 Å². The van der Waals surface area contributed by atoms with Gasteiger partial charge in [0.25, 0.3) is 5.91 Å². The summed E-state index contributed by atoms with van der Waals surface area (Å²) in [6.07, 6.45) is -4.46. The van der Waals surface area contributed by atoms with Crippen molar-refractivity contribution in [1.29, 1.82) is 0 Å². The van der Waals surface area contributed by atoms with Crippen LogP contribution in [0.1, 0.15) is 33.2 Å². The van der Waals surface area contributed by atoms with Crippen molar-refractivity contribution in [2.24, 2.45) is 0 Å². The first-order chi connectivity index (χ1) is 10.7. The number of hydrogen-bond acceptors (Lipinski definition) is 2. The van der Waals surface area contributed by atoms with Gasteiger partial charge in [0.2, 0.25) is 0 Å². The van der Waals surface area contributed by atoms with E-state index in [0.29, 0.717) is 5.56 Å². The fourth-order valence-corrected chi connectivity index (χ4v) is 2.01. The average molecular weight is 342 g/mol. The minimum Gasteiger partial charge on any atom is -0.321 e. The van der Waals surface area contributed by atoms with Crippen LogP contribution in [-0.2, 0) is 6.18 Å². The van der Waals surface area contributed by atoms with Crippen molar-refractivity contribution in [3.63, 3.8) is 0 Å². The zero-order valence-electron chi connectivity index (χ0n) is 11.9. The van der Waals surface area contributed by atoms with E-state index in [2.05, 4.69) is 5.32 Å². The molecule has 0 radical (unpaired) electrons. The Balaban J connectivity index is 2.22. The average Bonchev–Trinajstić information content (AvgIpc) is 2.48. The normalized spacial score (nSPS) is 11.2. The number of carbonyl (C=O) groups is 2. The highest BCUT2D eigenvalue weighted by Gasteiger charge is 2.30. The summed E-state index contributed by atoms with van der Waals surface area (Å²) < 4.78 is 37.5.